The van der Waals surface area contributed by atoms with Crippen LogP contribution in [-0.4, -0.2) is 11.5 Å². The Morgan fingerprint density at radius 3 is 2.76 bits per heavy atom. The van der Waals surface area contributed by atoms with Crippen LogP contribution in [0, 0.1) is 12.7 Å². The van der Waals surface area contributed by atoms with Crippen molar-refractivity contribution in [3.63, 3.8) is 0 Å². The molecule has 21 heavy (non-hydrogen) atoms. The molecule has 1 N–H and O–H groups in total. The Kier molecular flexibility index (Phi) is 5.70. The highest BCUT2D eigenvalue weighted by molar-refractivity contribution is 9.10. The number of nitrogens with zero attached hydrogens (tertiary/aromatic N) is 1. The third kappa shape index (κ3) is 4.51. The van der Waals surface area contributed by atoms with Gasteiger partial charge in [-0.15, -0.1) is 0 Å². The fourth-order valence-corrected chi connectivity index (χ4v) is 2.31. The maximum Gasteiger partial charge on any atom is 0.219 e. The minimum atomic E-state index is -0.310. The molecule has 5 heteroatoms. The van der Waals surface area contributed by atoms with E-state index in [1.165, 1.54) is 12.1 Å². The average molecular weight is 353 g/mol. The zero-order valence-electron chi connectivity index (χ0n) is 12.1. The van der Waals surface area contributed by atoms with E-state index in [4.69, 9.17) is 4.74 Å². The van der Waals surface area contributed by atoms with Crippen molar-refractivity contribution in [3.05, 3.63) is 51.9 Å². The van der Waals surface area contributed by atoms with Gasteiger partial charge in [0.15, 0.2) is 0 Å². The summed E-state index contributed by atoms with van der Waals surface area (Å²) in [5.74, 6) is 0.731. The van der Waals surface area contributed by atoms with Gasteiger partial charge in [-0.25, -0.2) is 9.37 Å². The minimum Gasteiger partial charge on any atom is -0.438 e. The molecule has 3 nitrogen and oxygen atoms in total. The molecule has 0 fully saturated rings. The van der Waals surface area contributed by atoms with Gasteiger partial charge in [-0.3, -0.25) is 0 Å². The number of hydrogen-bond acceptors (Lipinski definition) is 3. The topological polar surface area (TPSA) is 34.1 Å². The zero-order chi connectivity index (χ0) is 15.2. The Morgan fingerprint density at radius 1 is 1.29 bits per heavy atom. The molecule has 2 aromatic rings. The highest BCUT2D eigenvalue weighted by atomic mass is 79.9. The zero-order valence-corrected chi connectivity index (χ0v) is 13.7. The Bertz CT molecular complexity index is 619. The summed E-state index contributed by atoms with van der Waals surface area (Å²) >= 11 is 3.28. The molecule has 0 aliphatic heterocycles. The predicted molar refractivity (Wildman–Crippen MR) is 85.1 cm³/mol. The van der Waals surface area contributed by atoms with Gasteiger partial charge in [0.25, 0.3) is 0 Å². The molecule has 0 amide bonds. The summed E-state index contributed by atoms with van der Waals surface area (Å²) in [4.78, 5) is 4.43. The van der Waals surface area contributed by atoms with E-state index in [1.807, 2.05) is 19.1 Å². The number of rotatable bonds is 6. The van der Waals surface area contributed by atoms with Crippen LogP contribution in [0.25, 0.3) is 0 Å². The van der Waals surface area contributed by atoms with Crippen LogP contribution >= 0.6 is 15.9 Å². The molecule has 2 rings (SSSR count). The highest BCUT2D eigenvalue weighted by Crippen LogP contribution is 2.29. The van der Waals surface area contributed by atoms with Gasteiger partial charge in [0.2, 0.25) is 5.88 Å². The lowest BCUT2D eigenvalue weighted by Gasteiger charge is -2.10. The molecule has 0 aliphatic rings. The van der Waals surface area contributed by atoms with Crippen LogP contribution in [-0.2, 0) is 6.54 Å². The van der Waals surface area contributed by atoms with Crippen LogP contribution in [0.15, 0.2) is 34.8 Å². The Morgan fingerprint density at radius 2 is 2.10 bits per heavy atom. The average Bonchev–Trinajstić information content (AvgIpc) is 2.44. The third-order valence-corrected chi connectivity index (χ3v) is 3.64. The normalized spacial score (nSPS) is 10.7. The first-order valence-electron chi connectivity index (χ1n) is 6.90. The van der Waals surface area contributed by atoms with Crippen LogP contribution in [0.3, 0.4) is 0 Å². The van der Waals surface area contributed by atoms with Gasteiger partial charge in [-0.1, -0.05) is 13.0 Å². The highest BCUT2D eigenvalue weighted by Gasteiger charge is 2.07. The Labute approximate surface area is 132 Å². The monoisotopic (exact) mass is 352 g/mol. The van der Waals surface area contributed by atoms with E-state index in [0.717, 1.165) is 30.8 Å². The minimum absolute atomic E-state index is 0.310. The summed E-state index contributed by atoms with van der Waals surface area (Å²) in [6.45, 7) is 5.87. The number of halogens is 2. The molecule has 0 spiro atoms. The molecule has 112 valence electrons. The van der Waals surface area contributed by atoms with E-state index >= 15 is 0 Å². The van der Waals surface area contributed by atoms with Gasteiger partial charge in [-0.05, 0) is 59.6 Å². The first kappa shape index (κ1) is 15.9. The second kappa shape index (κ2) is 7.52. The number of aryl methyl sites for hydroxylation is 1. The van der Waals surface area contributed by atoms with Crippen molar-refractivity contribution >= 4 is 15.9 Å². The van der Waals surface area contributed by atoms with Crippen molar-refractivity contribution in [2.45, 2.75) is 26.8 Å². The van der Waals surface area contributed by atoms with Gasteiger partial charge in [0.1, 0.15) is 11.6 Å². The van der Waals surface area contributed by atoms with E-state index in [1.54, 1.807) is 6.07 Å². The van der Waals surface area contributed by atoms with Crippen LogP contribution in [0.5, 0.6) is 11.6 Å². The number of aromatic nitrogens is 1. The van der Waals surface area contributed by atoms with Crippen LogP contribution in [0.1, 0.15) is 24.6 Å². The van der Waals surface area contributed by atoms with E-state index in [9.17, 15) is 4.39 Å². The van der Waals surface area contributed by atoms with E-state index < -0.39 is 0 Å². The maximum absolute atomic E-state index is 13.0. The smallest absolute Gasteiger partial charge is 0.219 e. The fraction of sp³-hybridized carbons (Fsp3) is 0.312. The van der Waals surface area contributed by atoms with Crippen molar-refractivity contribution in [2.75, 3.05) is 6.54 Å². The summed E-state index contributed by atoms with van der Waals surface area (Å²) in [5.41, 5.74) is 2.07. The van der Waals surface area contributed by atoms with Gasteiger partial charge >= 0.3 is 0 Å². The molecule has 0 saturated carbocycles. The SMILES string of the molecule is CCCNCc1ccc(Oc2ccc(F)cc2Br)nc1C. The van der Waals surface area contributed by atoms with E-state index in [2.05, 4.69) is 33.2 Å². The van der Waals surface area contributed by atoms with Crippen molar-refractivity contribution in [3.8, 4) is 11.6 Å². The molecule has 0 bridgehead atoms. The fourth-order valence-electron chi connectivity index (χ4n) is 1.88. The molecule has 0 aliphatic carbocycles. The number of nitrogens with one attached hydrogen (secondary N) is 1. The number of ether oxygens (including phenoxy) is 1. The second-order valence-corrected chi connectivity index (χ2v) is 5.60. The quantitative estimate of drug-likeness (QED) is 0.772. The molecule has 1 aromatic heterocycles. The van der Waals surface area contributed by atoms with Crippen LogP contribution < -0.4 is 10.1 Å². The van der Waals surface area contributed by atoms with Gasteiger partial charge in [0, 0.05) is 18.3 Å². The number of pyridine rings is 1. The molecular weight excluding hydrogens is 335 g/mol. The largest absolute Gasteiger partial charge is 0.438 e. The molecule has 0 saturated heterocycles. The summed E-state index contributed by atoms with van der Waals surface area (Å²) < 4.78 is 19.3. The van der Waals surface area contributed by atoms with Crippen molar-refractivity contribution in [2.24, 2.45) is 0 Å². The van der Waals surface area contributed by atoms with Gasteiger partial charge < -0.3 is 10.1 Å². The lowest BCUT2D eigenvalue weighted by atomic mass is 10.2. The van der Waals surface area contributed by atoms with Crippen LogP contribution in [0.4, 0.5) is 4.39 Å². The van der Waals surface area contributed by atoms with Crippen molar-refractivity contribution in [1.82, 2.24) is 10.3 Å². The summed E-state index contributed by atoms with van der Waals surface area (Å²) in [6, 6.07) is 8.12. The molecular formula is C16H18BrFN2O. The maximum atomic E-state index is 13.0. The van der Waals surface area contributed by atoms with Crippen molar-refractivity contribution in [1.29, 1.82) is 0 Å². The Hall–Kier alpha value is -1.46. The first-order valence-corrected chi connectivity index (χ1v) is 7.69. The predicted octanol–water partition coefficient (Wildman–Crippen LogP) is 4.58. The van der Waals surface area contributed by atoms with Crippen LogP contribution in [0.2, 0.25) is 0 Å². The molecule has 1 aromatic carbocycles. The van der Waals surface area contributed by atoms with Gasteiger partial charge in [0.05, 0.1) is 4.47 Å². The van der Waals surface area contributed by atoms with Crippen molar-refractivity contribution < 1.29 is 9.13 Å². The first-order chi connectivity index (χ1) is 10.1. The summed E-state index contributed by atoms with van der Waals surface area (Å²) in [7, 11) is 0. The molecule has 1 heterocycles. The summed E-state index contributed by atoms with van der Waals surface area (Å²) in [6.07, 6.45) is 1.10. The molecule has 0 atom stereocenters. The second-order valence-electron chi connectivity index (χ2n) is 4.75. The number of hydrogen-bond donors (Lipinski definition) is 1. The molecule has 0 radical (unpaired) electrons. The van der Waals surface area contributed by atoms with E-state index in [0.29, 0.717) is 16.1 Å². The number of benzene rings is 1. The van der Waals surface area contributed by atoms with Gasteiger partial charge in [-0.2, -0.15) is 0 Å². The standard InChI is InChI=1S/C16H18BrFN2O/c1-3-8-19-10-12-4-7-16(20-11(12)2)21-15-6-5-13(18)9-14(15)17/h4-7,9,19H,3,8,10H2,1-2H3. The summed E-state index contributed by atoms with van der Waals surface area (Å²) in [5, 5.41) is 3.35. The molecule has 0 unspecified atom stereocenters. The Balaban J connectivity index is 2.09. The third-order valence-electron chi connectivity index (χ3n) is 3.02. The lowest BCUT2D eigenvalue weighted by molar-refractivity contribution is 0.456. The van der Waals surface area contributed by atoms with E-state index in [-0.39, 0.29) is 5.82 Å². The lowest BCUT2D eigenvalue weighted by Crippen LogP contribution is -2.15.